The highest BCUT2D eigenvalue weighted by atomic mass is 16.4. The van der Waals surface area contributed by atoms with Gasteiger partial charge in [0, 0.05) is 31.6 Å². The molecule has 0 saturated heterocycles. The second-order valence-corrected chi connectivity index (χ2v) is 6.57. The SMILES string of the molecule is O=C(CCCNC(=O)C1CC1)NCc1cccc(-n2ccc(C(=O)O)n2)c1. The zero-order valence-corrected chi connectivity index (χ0v) is 14.9. The van der Waals surface area contributed by atoms with E-state index in [4.69, 9.17) is 5.11 Å². The van der Waals surface area contributed by atoms with Crippen LogP contribution in [0, 0.1) is 5.92 Å². The van der Waals surface area contributed by atoms with Crippen molar-refractivity contribution in [1.82, 2.24) is 20.4 Å². The smallest absolute Gasteiger partial charge is 0.356 e. The van der Waals surface area contributed by atoms with E-state index in [9.17, 15) is 14.4 Å². The van der Waals surface area contributed by atoms with Gasteiger partial charge in [0.15, 0.2) is 5.69 Å². The first-order valence-corrected chi connectivity index (χ1v) is 8.95. The normalized spacial score (nSPS) is 13.2. The van der Waals surface area contributed by atoms with Crippen molar-refractivity contribution < 1.29 is 19.5 Å². The van der Waals surface area contributed by atoms with Gasteiger partial charge in [0.05, 0.1) is 5.69 Å². The fraction of sp³-hybridized carbons (Fsp3) is 0.368. The second kappa shape index (κ2) is 8.48. The Bertz CT molecular complexity index is 842. The lowest BCUT2D eigenvalue weighted by Crippen LogP contribution is -2.28. The predicted octanol–water partition coefficient (Wildman–Crippen LogP) is 1.49. The van der Waals surface area contributed by atoms with E-state index >= 15 is 0 Å². The highest BCUT2D eigenvalue weighted by Gasteiger charge is 2.28. The van der Waals surface area contributed by atoms with Crippen LogP contribution >= 0.6 is 0 Å². The zero-order chi connectivity index (χ0) is 19.2. The third kappa shape index (κ3) is 5.40. The van der Waals surface area contributed by atoms with Crippen LogP contribution in [0.4, 0.5) is 0 Å². The van der Waals surface area contributed by atoms with Gasteiger partial charge < -0.3 is 15.7 Å². The number of nitrogens with zero attached hydrogens (tertiary/aromatic N) is 2. The van der Waals surface area contributed by atoms with E-state index in [0.717, 1.165) is 24.1 Å². The number of aromatic carboxylic acids is 1. The molecule has 1 saturated carbocycles. The lowest BCUT2D eigenvalue weighted by molar-refractivity contribution is -0.123. The van der Waals surface area contributed by atoms with E-state index in [0.29, 0.717) is 25.9 Å². The summed E-state index contributed by atoms with van der Waals surface area (Å²) in [6.07, 6.45) is 4.49. The number of carbonyl (C=O) groups is 3. The fourth-order valence-corrected chi connectivity index (χ4v) is 2.63. The molecule has 0 spiro atoms. The summed E-state index contributed by atoms with van der Waals surface area (Å²) in [7, 11) is 0. The van der Waals surface area contributed by atoms with Gasteiger partial charge in [-0.3, -0.25) is 9.59 Å². The lowest BCUT2D eigenvalue weighted by atomic mass is 10.2. The Kier molecular flexibility index (Phi) is 5.85. The van der Waals surface area contributed by atoms with Gasteiger partial charge in [-0.25, -0.2) is 9.48 Å². The van der Waals surface area contributed by atoms with Crippen LogP contribution < -0.4 is 10.6 Å². The molecular weight excluding hydrogens is 348 g/mol. The molecule has 142 valence electrons. The van der Waals surface area contributed by atoms with Gasteiger partial charge in [-0.2, -0.15) is 5.10 Å². The number of hydrogen-bond donors (Lipinski definition) is 3. The molecule has 0 unspecified atom stereocenters. The molecule has 1 aliphatic carbocycles. The van der Waals surface area contributed by atoms with Crippen molar-refractivity contribution in [3.05, 3.63) is 47.8 Å². The minimum atomic E-state index is -1.08. The van der Waals surface area contributed by atoms with Crippen molar-refractivity contribution in [3.8, 4) is 5.69 Å². The molecule has 27 heavy (non-hydrogen) atoms. The summed E-state index contributed by atoms with van der Waals surface area (Å²) < 4.78 is 1.48. The molecular formula is C19H22N4O4. The van der Waals surface area contributed by atoms with Crippen LogP contribution in [-0.2, 0) is 16.1 Å². The first-order valence-electron chi connectivity index (χ1n) is 8.95. The second-order valence-electron chi connectivity index (χ2n) is 6.57. The van der Waals surface area contributed by atoms with Crippen molar-refractivity contribution in [3.63, 3.8) is 0 Å². The Morgan fingerprint density at radius 2 is 2.00 bits per heavy atom. The number of rotatable bonds is 9. The summed E-state index contributed by atoms with van der Waals surface area (Å²) in [6, 6.07) is 8.79. The van der Waals surface area contributed by atoms with Crippen molar-refractivity contribution in [1.29, 1.82) is 0 Å². The molecule has 1 aliphatic rings. The molecule has 8 nitrogen and oxygen atoms in total. The molecule has 0 bridgehead atoms. The van der Waals surface area contributed by atoms with Crippen LogP contribution in [0.25, 0.3) is 5.69 Å². The van der Waals surface area contributed by atoms with Crippen LogP contribution in [-0.4, -0.2) is 39.2 Å². The maximum Gasteiger partial charge on any atom is 0.356 e. The number of aromatic nitrogens is 2. The number of carboxylic acids is 1. The van der Waals surface area contributed by atoms with E-state index in [-0.39, 0.29) is 23.4 Å². The predicted molar refractivity (Wildman–Crippen MR) is 97.3 cm³/mol. The van der Waals surface area contributed by atoms with Gasteiger partial charge in [0.25, 0.3) is 0 Å². The summed E-state index contributed by atoms with van der Waals surface area (Å²) in [5.41, 5.74) is 1.58. The van der Waals surface area contributed by atoms with Crippen LogP contribution in [0.5, 0.6) is 0 Å². The molecule has 0 aliphatic heterocycles. The maximum absolute atomic E-state index is 11.9. The largest absolute Gasteiger partial charge is 0.476 e. The molecule has 1 aromatic carbocycles. The lowest BCUT2D eigenvalue weighted by Gasteiger charge is -2.08. The Balaban J connectivity index is 1.44. The maximum atomic E-state index is 11.9. The van der Waals surface area contributed by atoms with Crippen molar-refractivity contribution in [2.75, 3.05) is 6.54 Å². The minimum Gasteiger partial charge on any atom is -0.476 e. The monoisotopic (exact) mass is 370 g/mol. The molecule has 1 aromatic heterocycles. The third-order valence-corrected chi connectivity index (χ3v) is 4.30. The quantitative estimate of drug-likeness (QED) is 0.579. The van der Waals surface area contributed by atoms with Crippen LogP contribution in [0.15, 0.2) is 36.5 Å². The fourth-order valence-electron chi connectivity index (χ4n) is 2.63. The van der Waals surface area contributed by atoms with Gasteiger partial charge in [-0.1, -0.05) is 12.1 Å². The molecule has 0 atom stereocenters. The molecule has 2 amide bonds. The number of hydrogen-bond acceptors (Lipinski definition) is 4. The average molecular weight is 370 g/mol. The Morgan fingerprint density at radius 3 is 2.70 bits per heavy atom. The molecule has 8 heteroatoms. The molecule has 3 N–H and O–H groups in total. The van der Waals surface area contributed by atoms with Gasteiger partial charge in [0.1, 0.15) is 0 Å². The van der Waals surface area contributed by atoms with E-state index in [1.54, 1.807) is 6.20 Å². The molecule has 0 radical (unpaired) electrons. The zero-order valence-electron chi connectivity index (χ0n) is 14.9. The Morgan fingerprint density at radius 1 is 1.19 bits per heavy atom. The van der Waals surface area contributed by atoms with Crippen molar-refractivity contribution >= 4 is 17.8 Å². The first kappa shape index (κ1) is 18.6. The average Bonchev–Trinajstić information content (AvgIpc) is 3.39. The van der Waals surface area contributed by atoms with Crippen molar-refractivity contribution in [2.24, 2.45) is 5.92 Å². The Labute approximate surface area is 156 Å². The summed E-state index contributed by atoms with van der Waals surface area (Å²) in [5.74, 6) is -0.872. The standard InChI is InChI=1S/C19H22N4O4/c24-17(5-2-9-20-18(25)14-6-7-14)21-12-13-3-1-4-15(11-13)23-10-8-16(22-23)19(26)27/h1,3-4,8,10-11,14H,2,5-7,9,12H2,(H,20,25)(H,21,24)(H,26,27). The third-order valence-electron chi connectivity index (χ3n) is 4.30. The van der Waals surface area contributed by atoms with Gasteiger partial charge in [0.2, 0.25) is 11.8 Å². The number of carboxylic acid groups (broad SMARTS) is 1. The topological polar surface area (TPSA) is 113 Å². The highest BCUT2D eigenvalue weighted by Crippen LogP contribution is 2.28. The van der Waals surface area contributed by atoms with Crippen LogP contribution in [0.2, 0.25) is 0 Å². The molecule has 2 aromatic rings. The molecule has 1 fully saturated rings. The number of benzene rings is 1. The van der Waals surface area contributed by atoms with E-state index in [2.05, 4.69) is 15.7 Å². The van der Waals surface area contributed by atoms with Crippen LogP contribution in [0.1, 0.15) is 41.7 Å². The highest BCUT2D eigenvalue weighted by molar-refractivity contribution is 5.85. The van der Waals surface area contributed by atoms with E-state index < -0.39 is 5.97 Å². The van der Waals surface area contributed by atoms with Crippen molar-refractivity contribution in [2.45, 2.75) is 32.2 Å². The van der Waals surface area contributed by atoms with E-state index in [1.165, 1.54) is 10.7 Å². The number of amides is 2. The molecule has 1 heterocycles. The first-order chi connectivity index (χ1) is 13.0. The van der Waals surface area contributed by atoms with Gasteiger partial charge >= 0.3 is 5.97 Å². The minimum absolute atomic E-state index is 0.0255. The molecule has 3 rings (SSSR count). The number of nitrogens with one attached hydrogen (secondary N) is 2. The van der Waals surface area contributed by atoms with E-state index in [1.807, 2.05) is 24.3 Å². The summed E-state index contributed by atoms with van der Waals surface area (Å²) in [4.78, 5) is 34.4. The van der Waals surface area contributed by atoms with Crippen LogP contribution in [0.3, 0.4) is 0 Å². The number of carbonyl (C=O) groups excluding carboxylic acids is 2. The summed E-state index contributed by atoms with van der Waals surface area (Å²) >= 11 is 0. The van der Waals surface area contributed by atoms with Gasteiger partial charge in [-0.15, -0.1) is 0 Å². The summed E-state index contributed by atoms with van der Waals surface area (Å²) in [6.45, 7) is 0.887. The Hall–Kier alpha value is -3.16. The summed E-state index contributed by atoms with van der Waals surface area (Å²) in [5, 5.41) is 18.6. The van der Waals surface area contributed by atoms with Gasteiger partial charge in [-0.05, 0) is 43.0 Å².